The summed E-state index contributed by atoms with van der Waals surface area (Å²) in [5.41, 5.74) is -0.634. The molecule has 0 heterocycles. The fourth-order valence-electron chi connectivity index (χ4n) is 7.18. The summed E-state index contributed by atoms with van der Waals surface area (Å²) in [5, 5.41) is 11.6. The van der Waals surface area contributed by atoms with Gasteiger partial charge in [0.05, 0.1) is 11.5 Å². The summed E-state index contributed by atoms with van der Waals surface area (Å²) in [7, 11) is 0. The smallest absolute Gasteiger partial charge is 0.311 e. The van der Waals surface area contributed by atoms with Crippen LogP contribution in [-0.4, -0.2) is 46.9 Å². The van der Waals surface area contributed by atoms with Crippen LogP contribution in [0.2, 0.25) is 0 Å². The zero-order valence-electron chi connectivity index (χ0n) is 22.9. The van der Waals surface area contributed by atoms with Gasteiger partial charge in [-0.15, -0.1) is 0 Å². The second kappa shape index (κ2) is 9.33. The Labute approximate surface area is 219 Å². The molecule has 0 saturated heterocycles. The molecule has 0 spiro atoms. The first-order chi connectivity index (χ1) is 17.2. The first-order valence-electron chi connectivity index (χ1n) is 13.5. The third-order valence-electron chi connectivity index (χ3n) is 9.12. The minimum absolute atomic E-state index is 0.0372. The number of hydrogen-bond donors (Lipinski definition) is 1. The molecule has 0 bridgehead atoms. The molecule has 0 radical (unpaired) electrons. The van der Waals surface area contributed by atoms with E-state index in [4.69, 9.17) is 9.47 Å². The van der Waals surface area contributed by atoms with Crippen LogP contribution in [0, 0.1) is 22.2 Å². The number of fused-ring (bicyclic) bond motifs is 4. The highest BCUT2D eigenvalue weighted by Crippen LogP contribution is 2.65. The Balaban J connectivity index is 1.75. The summed E-state index contributed by atoms with van der Waals surface area (Å²) in [4.78, 5) is 51.2. The SMILES string of the molecule is CCCC(=O)O[C@]1(C(=O)COC(=O)C(C)(C)C)CC[C@H]2C3=C([C@@H](O)C[C@@]21C)[C@@]1(C)C=CC(=O)C=C1CC3. The monoisotopic (exact) mass is 512 g/mol. The number of Topliss-reactive ketones (excluding diaryl/α,β-unsaturated/α-hetero) is 1. The summed E-state index contributed by atoms with van der Waals surface area (Å²) < 4.78 is 11.5. The molecule has 0 aromatic carbocycles. The third kappa shape index (κ3) is 4.33. The average Bonchev–Trinajstić information content (AvgIpc) is 3.09. The van der Waals surface area contributed by atoms with Crippen molar-refractivity contribution in [3.8, 4) is 0 Å². The van der Waals surface area contributed by atoms with Gasteiger partial charge in [-0.2, -0.15) is 0 Å². The molecule has 1 fully saturated rings. The van der Waals surface area contributed by atoms with Gasteiger partial charge in [-0.1, -0.05) is 31.1 Å². The maximum Gasteiger partial charge on any atom is 0.311 e. The summed E-state index contributed by atoms with van der Waals surface area (Å²) >= 11 is 0. The maximum atomic E-state index is 13.9. The van der Waals surface area contributed by atoms with Gasteiger partial charge in [-0.25, -0.2) is 0 Å². The van der Waals surface area contributed by atoms with Gasteiger partial charge in [0.1, 0.15) is 0 Å². The molecule has 0 amide bonds. The van der Waals surface area contributed by atoms with E-state index in [2.05, 4.69) is 0 Å². The fraction of sp³-hybridized carbons (Fsp3) is 0.667. The molecule has 0 aromatic heterocycles. The number of aliphatic hydroxyl groups is 1. The summed E-state index contributed by atoms with van der Waals surface area (Å²) in [6.45, 7) is 10.5. The van der Waals surface area contributed by atoms with Crippen LogP contribution >= 0.6 is 0 Å². The molecular weight excluding hydrogens is 472 g/mol. The zero-order valence-corrected chi connectivity index (χ0v) is 22.9. The standard InChI is InChI=1S/C30H40O7/c1-7-8-24(34)37-30(23(33)17-36-26(35)27(2,3)4)14-12-21-20-10-9-18-15-19(31)11-13-28(18,5)25(20)22(32)16-29(21,30)6/h11,13,15,21-22,32H,7-10,12,14,16-17H2,1-6H3/t21-,22-,28-,29-,30-/m0/s1. The number of ether oxygens (including phenoxy) is 2. The van der Waals surface area contributed by atoms with E-state index in [1.165, 1.54) is 0 Å². The quantitative estimate of drug-likeness (QED) is 0.410. The second-order valence-electron chi connectivity index (χ2n) is 12.6. The molecule has 5 atom stereocenters. The third-order valence-corrected chi connectivity index (χ3v) is 9.12. The molecule has 37 heavy (non-hydrogen) atoms. The van der Waals surface area contributed by atoms with Crippen molar-refractivity contribution in [1.82, 2.24) is 0 Å². The maximum absolute atomic E-state index is 13.9. The van der Waals surface area contributed by atoms with Crippen molar-refractivity contribution < 1.29 is 33.8 Å². The van der Waals surface area contributed by atoms with Gasteiger partial charge in [-0.05, 0) is 89.9 Å². The number of rotatable bonds is 6. The number of esters is 2. The highest BCUT2D eigenvalue weighted by atomic mass is 16.6. The van der Waals surface area contributed by atoms with Gasteiger partial charge in [-0.3, -0.25) is 19.2 Å². The molecule has 1 N–H and O–H groups in total. The second-order valence-corrected chi connectivity index (χ2v) is 12.6. The van der Waals surface area contributed by atoms with Crippen molar-refractivity contribution in [3.05, 3.63) is 34.9 Å². The molecular formula is C30H40O7. The minimum atomic E-state index is -1.49. The van der Waals surface area contributed by atoms with Crippen LogP contribution in [0.15, 0.2) is 34.9 Å². The number of hydrogen-bond acceptors (Lipinski definition) is 7. The Morgan fingerprint density at radius 3 is 2.51 bits per heavy atom. The van der Waals surface area contributed by atoms with Crippen molar-refractivity contribution in [2.75, 3.05) is 6.61 Å². The number of aliphatic hydroxyl groups excluding tert-OH is 1. The van der Waals surface area contributed by atoms with Gasteiger partial charge >= 0.3 is 11.9 Å². The van der Waals surface area contributed by atoms with Gasteiger partial charge in [0.2, 0.25) is 5.78 Å². The molecule has 0 unspecified atom stereocenters. The zero-order chi connectivity index (χ0) is 27.4. The highest BCUT2D eigenvalue weighted by Gasteiger charge is 2.67. The van der Waals surface area contributed by atoms with E-state index < -0.39 is 52.3 Å². The van der Waals surface area contributed by atoms with E-state index in [1.807, 2.05) is 26.8 Å². The van der Waals surface area contributed by atoms with Crippen LogP contribution in [0.4, 0.5) is 0 Å². The highest BCUT2D eigenvalue weighted by molar-refractivity contribution is 6.01. The van der Waals surface area contributed by atoms with E-state index in [9.17, 15) is 24.3 Å². The molecule has 202 valence electrons. The predicted octanol–water partition coefficient (Wildman–Crippen LogP) is 4.57. The Hall–Kier alpha value is -2.54. The van der Waals surface area contributed by atoms with Crippen LogP contribution in [0.1, 0.15) is 86.5 Å². The lowest BCUT2D eigenvalue weighted by molar-refractivity contribution is -0.188. The average molecular weight is 513 g/mol. The molecule has 4 rings (SSSR count). The van der Waals surface area contributed by atoms with Crippen molar-refractivity contribution in [1.29, 1.82) is 0 Å². The molecule has 7 heteroatoms. The van der Waals surface area contributed by atoms with Gasteiger partial charge in [0, 0.05) is 17.3 Å². The predicted molar refractivity (Wildman–Crippen MR) is 137 cm³/mol. The van der Waals surface area contributed by atoms with Crippen LogP contribution in [0.3, 0.4) is 0 Å². The van der Waals surface area contributed by atoms with E-state index in [-0.39, 0.29) is 24.5 Å². The van der Waals surface area contributed by atoms with Crippen molar-refractivity contribution in [2.45, 2.75) is 98.2 Å². The van der Waals surface area contributed by atoms with Gasteiger partial charge in [0.15, 0.2) is 18.0 Å². The largest absolute Gasteiger partial charge is 0.457 e. The van der Waals surface area contributed by atoms with Crippen molar-refractivity contribution in [2.24, 2.45) is 22.2 Å². The van der Waals surface area contributed by atoms with Gasteiger partial charge in [0.25, 0.3) is 0 Å². The lowest BCUT2D eigenvalue weighted by Gasteiger charge is -2.54. The lowest BCUT2D eigenvalue weighted by atomic mass is 9.52. The molecule has 0 aromatic rings. The van der Waals surface area contributed by atoms with Crippen LogP contribution in [-0.2, 0) is 28.7 Å². The summed E-state index contributed by atoms with van der Waals surface area (Å²) in [6, 6.07) is 0. The van der Waals surface area contributed by atoms with Crippen LogP contribution in [0.25, 0.3) is 0 Å². The van der Waals surface area contributed by atoms with Crippen molar-refractivity contribution in [3.63, 3.8) is 0 Å². The topological polar surface area (TPSA) is 107 Å². The number of allylic oxidation sites excluding steroid dienone is 5. The Kier molecular flexibility index (Phi) is 6.94. The molecule has 7 nitrogen and oxygen atoms in total. The number of carbonyl (C=O) groups is 4. The summed E-state index contributed by atoms with van der Waals surface area (Å²) in [5.74, 6) is -1.50. The molecule has 1 saturated carbocycles. The first-order valence-corrected chi connectivity index (χ1v) is 13.5. The fourth-order valence-corrected chi connectivity index (χ4v) is 7.18. The normalized spacial score (nSPS) is 34.8. The Bertz CT molecular complexity index is 1120. The van der Waals surface area contributed by atoms with Crippen LogP contribution < -0.4 is 0 Å². The Morgan fingerprint density at radius 2 is 1.86 bits per heavy atom. The van der Waals surface area contributed by atoms with E-state index >= 15 is 0 Å². The molecule has 4 aliphatic rings. The lowest BCUT2D eigenvalue weighted by Crippen LogP contribution is -2.59. The number of carbonyl (C=O) groups excluding carboxylic acids is 4. The van der Waals surface area contributed by atoms with Crippen LogP contribution in [0.5, 0.6) is 0 Å². The minimum Gasteiger partial charge on any atom is -0.457 e. The van der Waals surface area contributed by atoms with E-state index in [0.717, 1.165) is 16.7 Å². The molecule has 4 aliphatic carbocycles. The number of ketones is 2. The Morgan fingerprint density at radius 1 is 1.16 bits per heavy atom. The molecule has 0 aliphatic heterocycles. The summed E-state index contributed by atoms with van der Waals surface area (Å²) in [6.07, 6.45) is 7.59. The van der Waals surface area contributed by atoms with E-state index in [1.54, 1.807) is 32.9 Å². The first kappa shape index (κ1) is 27.5. The van der Waals surface area contributed by atoms with Crippen molar-refractivity contribution >= 4 is 23.5 Å². The van der Waals surface area contributed by atoms with Gasteiger partial charge < -0.3 is 14.6 Å². The van der Waals surface area contributed by atoms with E-state index in [0.29, 0.717) is 32.1 Å².